The second kappa shape index (κ2) is 9.98. The first kappa shape index (κ1) is 20.0. The normalized spacial score (nSPS) is 14.0. The van der Waals surface area contributed by atoms with Crippen molar-refractivity contribution in [3.8, 4) is 17.8 Å². The van der Waals surface area contributed by atoms with E-state index in [0.29, 0.717) is 43.5 Å². The van der Waals surface area contributed by atoms with Crippen LogP contribution in [0.5, 0.6) is 17.8 Å². The van der Waals surface area contributed by atoms with Crippen LogP contribution in [0, 0.1) is 0 Å². The summed E-state index contributed by atoms with van der Waals surface area (Å²) in [6.45, 7) is 11.1. The van der Waals surface area contributed by atoms with Gasteiger partial charge in [0, 0.05) is 38.3 Å². The molecule has 1 aliphatic heterocycles. The molecule has 0 spiro atoms. The van der Waals surface area contributed by atoms with Crippen LogP contribution >= 0.6 is 0 Å². The van der Waals surface area contributed by atoms with Gasteiger partial charge in [-0.05, 0) is 20.3 Å². The maximum absolute atomic E-state index is 5.77. The Bertz CT molecular complexity index is 734. The Kier molecular flexibility index (Phi) is 7.12. The van der Waals surface area contributed by atoms with Crippen molar-refractivity contribution in [2.75, 3.05) is 55.8 Å². The van der Waals surface area contributed by atoms with Crippen molar-refractivity contribution in [2.45, 2.75) is 27.2 Å². The zero-order chi connectivity index (χ0) is 19.8. The minimum absolute atomic E-state index is 0.190. The van der Waals surface area contributed by atoms with Gasteiger partial charge in [-0.1, -0.05) is 6.92 Å². The quantitative estimate of drug-likeness (QED) is 0.632. The number of hydrogen-bond acceptors (Lipinski definition) is 10. The number of rotatable bonds is 9. The highest BCUT2D eigenvalue weighted by molar-refractivity contribution is 5.41. The Hall–Kier alpha value is -2.75. The molecule has 28 heavy (non-hydrogen) atoms. The summed E-state index contributed by atoms with van der Waals surface area (Å²) in [7, 11) is 0. The first-order valence-corrected chi connectivity index (χ1v) is 9.71. The van der Waals surface area contributed by atoms with E-state index in [2.05, 4.69) is 43.9 Å². The molecule has 1 fully saturated rings. The van der Waals surface area contributed by atoms with E-state index in [1.54, 1.807) is 12.1 Å². The fourth-order valence-corrected chi connectivity index (χ4v) is 2.67. The van der Waals surface area contributed by atoms with Crippen LogP contribution in [0.1, 0.15) is 27.2 Å². The first-order valence-electron chi connectivity index (χ1n) is 9.71. The molecule has 0 unspecified atom stereocenters. The molecule has 10 nitrogen and oxygen atoms in total. The highest BCUT2D eigenvalue weighted by Gasteiger charge is 2.19. The highest BCUT2D eigenvalue weighted by atomic mass is 16.5. The van der Waals surface area contributed by atoms with E-state index < -0.39 is 0 Å². The third kappa shape index (κ3) is 5.16. The molecule has 0 saturated carbocycles. The van der Waals surface area contributed by atoms with Crippen LogP contribution in [0.2, 0.25) is 0 Å². The van der Waals surface area contributed by atoms with Crippen molar-refractivity contribution in [2.24, 2.45) is 0 Å². The molecular formula is C18H27N7O3. The minimum atomic E-state index is 0.190. The molecule has 0 radical (unpaired) electrons. The molecule has 2 aromatic rings. The SMILES string of the molecule is CCCOc1ccc(Oc2nc(N(CC)CC)nc(N3CCOCC3)n2)nn1. The summed E-state index contributed by atoms with van der Waals surface area (Å²) in [5, 5.41) is 8.05. The maximum Gasteiger partial charge on any atom is 0.330 e. The standard InChI is InChI=1S/C18H27N7O3/c1-4-11-27-14-7-8-15(23-22-14)28-18-20-16(24(5-2)6-3)19-17(21-18)25-9-12-26-13-10-25/h7-8H,4-6,9-13H2,1-3H3. The monoisotopic (exact) mass is 389 g/mol. The fourth-order valence-electron chi connectivity index (χ4n) is 2.67. The van der Waals surface area contributed by atoms with Gasteiger partial charge in [-0.15, -0.1) is 10.2 Å². The Balaban J connectivity index is 1.82. The van der Waals surface area contributed by atoms with Crippen LogP contribution in [0.25, 0.3) is 0 Å². The zero-order valence-electron chi connectivity index (χ0n) is 16.7. The lowest BCUT2D eigenvalue weighted by Gasteiger charge is -2.28. The average molecular weight is 389 g/mol. The van der Waals surface area contributed by atoms with Gasteiger partial charge in [-0.25, -0.2) is 0 Å². The van der Waals surface area contributed by atoms with Gasteiger partial charge in [0.25, 0.3) is 0 Å². The Morgan fingerprint density at radius 2 is 1.71 bits per heavy atom. The lowest BCUT2D eigenvalue weighted by atomic mass is 10.4. The molecule has 3 rings (SSSR count). The van der Waals surface area contributed by atoms with Crippen molar-refractivity contribution in [1.82, 2.24) is 25.1 Å². The van der Waals surface area contributed by atoms with Gasteiger partial charge < -0.3 is 24.0 Å². The van der Waals surface area contributed by atoms with E-state index in [4.69, 9.17) is 14.2 Å². The lowest BCUT2D eigenvalue weighted by Crippen LogP contribution is -2.38. The van der Waals surface area contributed by atoms with Crippen LogP contribution in [-0.4, -0.2) is 71.1 Å². The van der Waals surface area contributed by atoms with Crippen molar-refractivity contribution in [3.05, 3.63) is 12.1 Å². The van der Waals surface area contributed by atoms with E-state index >= 15 is 0 Å². The van der Waals surface area contributed by atoms with Crippen LogP contribution in [0.15, 0.2) is 12.1 Å². The summed E-state index contributed by atoms with van der Waals surface area (Å²) in [6.07, 6.45) is 0.906. The van der Waals surface area contributed by atoms with E-state index in [-0.39, 0.29) is 6.01 Å². The minimum Gasteiger partial charge on any atom is -0.477 e. The van der Waals surface area contributed by atoms with Crippen LogP contribution < -0.4 is 19.3 Å². The molecule has 0 aromatic carbocycles. The van der Waals surface area contributed by atoms with Gasteiger partial charge in [0.15, 0.2) is 0 Å². The number of aromatic nitrogens is 5. The molecule has 1 saturated heterocycles. The topological polar surface area (TPSA) is 98.6 Å². The Morgan fingerprint density at radius 3 is 2.36 bits per heavy atom. The van der Waals surface area contributed by atoms with Gasteiger partial charge in [0.1, 0.15) is 0 Å². The number of hydrogen-bond donors (Lipinski definition) is 0. The summed E-state index contributed by atoms with van der Waals surface area (Å²) >= 11 is 0. The van der Waals surface area contributed by atoms with Crippen LogP contribution in [0.3, 0.4) is 0 Å². The molecule has 10 heteroatoms. The first-order chi connectivity index (χ1) is 13.7. The average Bonchev–Trinajstić information content (AvgIpc) is 2.75. The Morgan fingerprint density at radius 1 is 1.00 bits per heavy atom. The van der Waals surface area contributed by atoms with Gasteiger partial charge >= 0.3 is 6.01 Å². The maximum atomic E-state index is 5.77. The molecule has 2 aromatic heterocycles. The smallest absolute Gasteiger partial charge is 0.330 e. The van der Waals surface area contributed by atoms with Gasteiger partial charge in [0.05, 0.1) is 19.8 Å². The summed E-state index contributed by atoms with van der Waals surface area (Å²) in [5.74, 6) is 1.91. The molecule has 0 N–H and O–H groups in total. The van der Waals surface area contributed by atoms with Crippen LogP contribution in [0.4, 0.5) is 11.9 Å². The third-order valence-electron chi connectivity index (χ3n) is 4.20. The van der Waals surface area contributed by atoms with E-state index in [1.807, 2.05) is 11.8 Å². The second-order valence-corrected chi connectivity index (χ2v) is 6.15. The summed E-state index contributed by atoms with van der Waals surface area (Å²) in [6, 6.07) is 3.59. The number of ether oxygens (including phenoxy) is 3. The van der Waals surface area contributed by atoms with E-state index in [9.17, 15) is 0 Å². The number of morpholine rings is 1. The molecule has 0 amide bonds. The largest absolute Gasteiger partial charge is 0.477 e. The van der Waals surface area contributed by atoms with E-state index in [1.165, 1.54) is 0 Å². The van der Waals surface area contributed by atoms with E-state index in [0.717, 1.165) is 32.6 Å². The zero-order valence-corrected chi connectivity index (χ0v) is 16.7. The second-order valence-electron chi connectivity index (χ2n) is 6.15. The summed E-state index contributed by atoms with van der Waals surface area (Å²) in [4.78, 5) is 17.7. The van der Waals surface area contributed by atoms with Crippen molar-refractivity contribution in [1.29, 1.82) is 0 Å². The predicted octanol–water partition coefficient (Wildman–Crippen LogP) is 1.93. The summed E-state index contributed by atoms with van der Waals surface area (Å²) < 4.78 is 16.6. The Labute approximate surface area is 164 Å². The van der Waals surface area contributed by atoms with Crippen molar-refractivity contribution in [3.63, 3.8) is 0 Å². The molecule has 152 valence electrons. The summed E-state index contributed by atoms with van der Waals surface area (Å²) in [5.41, 5.74) is 0. The van der Waals surface area contributed by atoms with Crippen molar-refractivity contribution < 1.29 is 14.2 Å². The third-order valence-corrected chi connectivity index (χ3v) is 4.20. The molecule has 0 aliphatic carbocycles. The molecule has 0 bridgehead atoms. The molecule has 3 heterocycles. The van der Waals surface area contributed by atoms with Crippen molar-refractivity contribution >= 4 is 11.9 Å². The number of anilines is 2. The number of nitrogens with zero attached hydrogens (tertiary/aromatic N) is 7. The van der Waals surface area contributed by atoms with Crippen LogP contribution in [-0.2, 0) is 4.74 Å². The molecule has 1 aliphatic rings. The molecule has 0 atom stereocenters. The van der Waals surface area contributed by atoms with Gasteiger partial charge in [0.2, 0.25) is 23.7 Å². The molecular weight excluding hydrogens is 362 g/mol. The predicted molar refractivity (Wildman–Crippen MR) is 104 cm³/mol. The van der Waals surface area contributed by atoms with Gasteiger partial charge in [-0.2, -0.15) is 15.0 Å². The lowest BCUT2D eigenvalue weighted by molar-refractivity contribution is 0.122. The highest BCUT2D eigenvalue weighted by Crippen LogP contribution is 2.22. The fraction of sp³-hybridized carbons (Fsp3) is 0.611. The van der Waals surface area contributed by atoms with Gasteiger partial charge in [-0.3, -0.25) is 0 Å².